The Kier molecular flexibility index (Phi) is 3.59. The zero-order chi connectivity index (χ0) is 15.1. The van der Waals surface area contributed by atoms with Crippen LogP contribution in [0.5, 0.6) is 5.75 Å². The van der Waals surface area contributed by atoms with E-state index in [1.165, 1.54) is 6.07 Å². The van der Waals surface area contributed by atoms with Crippen LogP contribution in [0.15, 0.2) is 34.8 Å². The number of imidazole rings is 1. The van der Waals surface area contributed by atoms with Gasteiger partial charge in [0.2, 0.25) is 0 Å². The Morgan fingerprint density at radius 2 is 2.10 bits per heavy atom. The molecule has 0 aliphatic heterocycles. The SMILES string of the molecule is COc1cccc2c1[nH]c(=S)n2-c1cc(Br)c(F)cc1C. The number of nitrogens with one attached hydrogen (secondary N) is 1. The fraction of sp³-hybridized carbons (Fsp3) is 0.133. The number of halogens is 2. The zero-order valence-corrected chi connectivity index (χ0v) is 13.8. The van der Waals surface area contributed by atoms with Crippen molar-refractivity contribution in [3.63, 3.8) is 0 Å². The number of hydrogen-bond donors (Lipinski definition) is 1. The molecule has 0 aliphatic carbocycles. The van der Waals surface area contributed by atoms with Crippen molar-refractivity contribution in [2.45, 2.75) is 6.92 Å². The lowest BCUT2D eigenvalue weighted by molar-refractivity contribution is 0.419. The Bertz CT molecular complexity index is 901. The molecule has 0 radical (unpaired) electrons. The third-order valence-corrected chi connectivity index (χ3v) is 4.27. The van der Waals surface area contributed by atoms with Gasteiger partial charge in [0.15, 0.2) is 4.77 Å². The number of aromatic amines is 1. The second kappa shape index (κ2) is 5.27. The lowest BCUT2D eigenvalue weighted by Crippen LogP contribution is -1.98. The lowest BCUT2D eigenvalue weighted by atomic mass is 10.2. The van der Waals surface area contributed by atoms with Gasteiger partial charge < -0.3 is 9.72 Å². The summed E-state index contributed by atoms with van der Waals surface area (Å²) in [4.78, 5) is 3.15. The Hall–Kier alpha value is -1.66. The number of nitrogens with zero attached hydrogens (tertiary/aromatic N) is 1. The van der Waals surface area contributed by atoms with Crippen LogP contribution in [0.4, 0.5) is 4.39 Å². The average Bonchev–Trinajstić information content (AvgIpc) is 2.79. The van der Waals surface area contributed by atoms with Crippen molar-refractivity contribution >= 4 is 39.2 Å². The molecular formula is C15H12BrFN2OS. The van der Waals surface area contributed by atoms with Gasteiger partial charge in [0.25, 0.3) is 0 Å². The van der Waals surface area contributed by atoms with Crippen LogP contribution < -0.4 is 4.74 Å². The molecule has 1 aromatic heterocycles. The highest BCUT2D eigenvalue weighted by Crippen LogP contribution is 2.30. The largest absolute Gasteiger partial charge is 0.494 e. The number of fused-ring (bicyclic) bond motifs is 1. The quantitative estimate of drug-likeness (QED) is 0.653. The maximum atomic E-state index is 13.6. The fourth-order valence-electron chi connectivity index (χ4n) is 2.39. The number of aryl methyl sites for hydroxylation is 1. The first-order chi connectivity index (χ1) is 10.0. The van der Waals surface area contributed by atoms with Gasteiger partial charge in [-0.1, -0.05) is 6.07 Å². The van der Waals surface area contributed by atoms with Crippen LogP contribution in [-0.2, 0) is 0 Å². The minimum Gasteiger partial charge on any atom is -0.494 e. The van der Waals surface area contributed by atoms with E-state index in [4.69, 9.17) is 17.0 Å². The predicted octanol–water partition coefficient (Wildman–Crippen LogP) is 4.91. The minimum atomic E-state index is -0.291. The van der Waals surface area contributed by atoms with Crippen molar-refractivity contribution in [1.29, 1.82) is 0 Å². The van der Waals surface area contributed by atoms with Crippen LogP contribution in [0.1, 0.15) is 5.56 Å². The van der Waals surface area contributed by atoms with Gasteiger partial charge in [-0.3, -0.25) is 4.57 Å². The van der Waals surface area contributed by atoms with Crippen molar-refractivity contribution in [3.8, 4) is 11.4 Å². The molecule has 1 heterocycles. The standard InChI is InChI=1S/C15H12BrFN2OS/c1-8-6-10(17)9(16)7-12(8)19-11-4-3-5-13(20-2)14(11)18-15(19)21/h3-7H,1-2H3,(H,18,21). The second-order valence-corrected chi connectivity index (χ2v) is 5.91. The summed E-state index contributed by atoms with van der Waals surface area (Å²) in [5.41, 5.74) is 3.34. The Balaban J connectivity index is 2.39. The molecule has 0 amide bonds. The van der Waals surface area contributed by atoms with E-state index in [-0.39, 0.29) is 5.82 Å². The summed E-state index contributed by atoms with van der Waals surface area (Å²) in [6, 6.07) is 8.92. The van der Waals surface area contributed by atoms with E-state index in [1.54, 1.807) is 13.2 Å². The maximum absolute atomic E-state index is 13.6. The number of para-hydroxylation sites is 1. The number of hydrogen-bond acceptors (Lipinski definition) is 2. The zero-order valence-electron chi connectivity index (χ0n) is 11.4. The summed E-state index contributed by atoms with van der Waals surface area (Å²) in [5.74, 6) is 0.427. The molecule has 3 nitrogen and oxygen atoms in total. The number of aromatic nitrogens is 2. The smallest absolute Gasteiger partial charge is 0.182 e. The van der Waals surface area contributed by atoms with Crippen LogP contribution in [0.3, 0.4) is 0 Å². The van der Waals surface area contributed by atoms with Crippen LogP contribution in [0.2, 0.25) is 0 Å². The van der Waals surface area contributed by atoms with Gasteiger partial charge >= 0.3 is 0 Å². The van der Waals surface area contributed by atoms with E-state index < -0.39 is 0 Å². The first-order valence-electron chi connectivity index (χ1n) is 6.26. The van der Waals surface area contributed by atoms with Crippen molar-refractivity contribution in [2.75, 3.05) is 7.11 Å². The molecule has 0 unspecified atom stereocenters. The number of methoxy groups -OCH3 is 1. The normalized spacial score (nSPS) is 11.0. The molecule has 21 heavy (non-hydrogen) atoms. The fourth-order valence-corrected chi connectivity index (χ4v) is 3.02. The van der Waals surface area contributed by atoms with Gasteiger partial charge in [-0.25, -0.2) is 4.39 Å². The predicted molar refractivity (Wildman–Crippen MR) is 87.4 cm³/mol. The molecule has 0 atom stereocenters. The molecule has 3 aromatic rings. The van der Waals surface area contributed by atoms with Gasteiger partial charge in [-0.2, -0.15) is 0 Å². The molecule has 108 valence electrons. The summed E-state index contributed by atoms with van der Waals surface area (Å²) >= 11 is 8.65. The minimum absolute atomic E-state index is 0.291. The first kappa shape index (κ1) is 14.3. The summed E-state index contributed by atoms with van der Waals surface area (Å²) < 4.78 is 21.8. The van der Waals surface area contributed by atoms with E-state index >= 15 is 0 Å². The average molecular weight is 367 g/mol. The molecule has 0 aliphatic rings. The Labute approximate surface area is 134 Å². The number of ether oxygens (including phenoxy) is 1. The van der Waals surface area contributed by atoms with Crippen LogP contribution in [-0.4, -0.2) is 16.7 Å². The summed E-state index contributed by atoms with van der Waals surface area (Å²) in [7, 11) is 1.61. The molecule has 3 rings (SSSR count). The summed E-state index contributed by atoms with van der Waals surface area (Å²) in [5, 5.41) is 0. The number of benzene rings is 2. The molecule has 1 N–H and O–H groups in total. The van der Waals surface area contributed by atoms with Crippen molar-refractivity contribution in [3.05, 3.63) is 51.0 Å². The molecule has 0 saturated carbocycles. The maximum Gasteiger partial charge on any atom is 0.182 e. The van der Waals surface area contributed by atoms with Crippen LogP contribution >= 0.6 is 28.1 Å². The molecule has 0 fully saturated rings. The second-order valence-electron chi connectivity index (χ2n) is 4.67. The Morgan fingerprint density at radius 1 is 1.33 bits per heavy atom. The monoisotopic (exact) mass is 366 g/mol. The highest BCUT2D eigenvalue weighted by molar-refractivity contribution is 9.10. The van der Waals surface area contributed by atoms with Crippen LogP contribution in [0, 0.1) is 17.5 Å². The summed E-state index contributed by atoms with van der Waals surface area (Å²) in [6.45, 7) is 1.85. The number of rotatable bonds is 2. The van der Waals surface area contributed by atoms with Crippen molar-refractivity contribution in [2.24, 2.45) is 0 Å². The van der Waals surface area contributed by atoms with Crippen LogP contribution in [0.25, 0.3) is 16.7 Å². The van der Waals surface area contributed by atoms with Crippen molar-refractivity contribution in [1.82, 2.24) is 9.55 Å². The van der Waals surface area contributed by atoms with E-state index in [0.717, 1.165) is 28.0 Å². The first-order valence-corrected chi connectivity index (χ1v) is 7.47. The van der Waals surface area contributed by atoms with E-state index in [9.17, 15) is 4.39 Å². The van der Waals surface area contributed by atoms with Gasteiger partial charge in [0.1, 0.15) is 17.1 Å². The summed E-state index contributed by atoms with van der Waals surface area (Å²) in [6.07, 6.45) is 0. The van der Waals surface area contributed by atoms with Gasteiger partial charge in [0.05, 0.1) is 22.8 Å². The van der Waals surface area contributed by atoms with Gasteiger partial charge in [-0.15, -0.1) is 0 Å². The lowest BCUT2D eigenvalue weighted by Gasteiger charge is -2.10. The topological polar surface area (TPSA) is 29.9 Å². The highest BCUT2D eigenvalue weighted by atomic mass is 79.9. The van der Waals surface area contributed by atoms with Crippen molar-refractivity contribution < 1.29 is 9.13 Å². The highest BCUT2D eigenvalue weighted by Gasteiger charge is 2.13. The molecule has 0 bridgehead atoms. The molecule has 0 saturated heterocycles. The van der Waals surface area contributed by atoms with E-state index in [0.29, 0.717) is 9.24 Å². The third kappa shape index (κ3) is 2.28. The molecule has 2 aromatic carbocycles. The third-order valence-electron chi connectivity index (χ3n) is 3.38. The van der Waals surface area contributed by atoms with E-state index in [1.807, 2.05) is 29.7 Å². The van der Waals surface area contributed by atoms with Gasteiger partial charge in [-0.05, 0) is 64.9 Å². The van der Waals surface area contributed by atoms with Gasteiger partial charge in [0, 0.05) is 0 Å². The van der Waals surface area contributed by atoms with E-state index in [2.05, 4.69) is 20.9 Å². The molecule has 0 spiro atoms. The molecule has 6 heteroatoms. The number of H-pyrrole nitrogens is 1. The molecular weight excluding hydrogens is 355 g/mol. The Morgan fingerprint density at radius 3 is 2.81 bits per heavy atom.